The molecule has 0 amide bonds. The van der Waals surface area contributed by atoms with Gasteiger partial charge in [-0.3, -0.25) is 4.79 Å². The van der Waals surface area contributed by atoms with E-state index in [1.165, 1.54) is 17.7 Å². The predicted octanol–water partition coefficient (Wildman–Crippen LogP) is 3.46. The van der Waals surface area contributed by atoms with E-state index in [9.17, 15) is 4.79 Å². The minimum atomic E-state index is 0.146. The zero-order chi connectivity index (χ0) is 14.4. The number of benzene rings is 1. The van der Waals surface area contributed by atoms with Gasteiger partial charge in [-0.25, -0.2) is 0 Å². The minimum absolute atomic E-state index is 0.146. The SMILES string of the molecule is CCCCOCCN1CCCc2cc(C(C)=O)ccc21. The summed E-state index contributed by atoms with van der Waals surface area (Å²) >= 11 is 0. The number of Topliss-reactive ketones (excluding diaryl/α,β-unsaturated/α-hetero) is 1. The fourth-order valence-corrected chi connectivity index (χ4v) is 2.65. The first-order chi connectivity index (χ1) is 9.72. The lowest BCUT2D eigenvalue weighted by molar-refractivity contribution is 0.101. The molecule has 0 spiro atoms. The van der Waals surface area contributed by atoms with Crippen LogP contribution in [0.4, 0.5) is 5.69 Å². The number of carbonyl (C=O) groups excluding carboxylic acids is 1. The van der Waals surface area contributed by atoms with Gasteiger partial charge in [0, 0.05) is 30.9 Å². The summed E-state index contributed by atoms with van der Waals surface area (Å²) in [7, 11) is 0. The van der Waals surface area contributed by atoms with Gasteiger partial charge in [-0.1, -0.05) is 13.3 Å². The maximum atomic E-state index is 11.5. The van der Waals surface area contributed by atoms with Crippen LogP contribution in [0.3, 0.4) is 0 Å². The molecule has 1 aromatic carbocycles. The third-order valence-corrected chi connectivity index (χ3v) is 3.85. The summed E-state index contributed by atoms with van der Waals surface area (Å²) in [4.78, 5) is 13.8. The summed E-state index contributed by atoms with van der Waals surface area (Å²) in [6, 6.07) is 6.09. The van der Waals surface area contributed by atoms with E-state index >= 15 is 0 Å². The van der Waals surface area contributed by atoms with Crippen LogP contribution in [0.5, 0.6) is 0 Å². The normalized spacial score (nSPS) is 14.2. The maximum Gasteiger partial charge on any atom is 0.159 e. The number of rotatable bonds is 7. The van der Waals surface area contributed by atoms with Crippen LogP contribution in [0.25, 0.3) is 0 Å². The van der Waals surface area contributed by atoms with Crippen molar-refractivity contribution in [2.45, 2.75) is 39.5 Å². The highest BCUT2D eigenvalue weighted by Gasteiger charge is 2.17. The summed E-state index contributed by atoms with van der Waals surface area (Å²) in [6.45, 7) is 7.48. The van der Waals surface area contributed by atoms with Crippen LogP contribution in [0.2, 0.25) is 0 Å². The molecule has 2 rings (SSSR count). The van der Waals surface area contributed by atoms with Gasteiger partial charge in [-0.15, -0.1) is 0 Å². The Morgan fingerprint density at radius 1 is 1.35 bits per heavy atom. The Bertz CT molecular complexity index is 456. The van der Waals surface area contributed by atoms with Gasteiger partial charge in [0.25, 0.3) is 0 Å². The minimum Gasteiger partial charge on any atom is -0.380 e. The van der Waals surface area contributed by atoms with E-state index in [1.807, 2.05) is 6.07 Å². The van der Waals surface area contributed by atoms with Crippen LogP contribution < -0.4 is 4.90 Å². The van der Waals surface area contributed by atoms with Crippen LogP contribution in [0.15, 0.2) is 18.2 Å². The van der Waals surface area contributed by atoms with Crippen molar-refractivity contribution in [2.24, 2.45) is 0 Å². The number of hydrogen-bond donors (Lipinski definition) is 0. The molecule has 0 fully saturated rings. The van der Waals surface area contributed by atoms with Crippen LogP contribution in [-0.4, -0.2) is 32.1 Å². The second-order valence-electron chi connectivity index (χ2n) is 5.46. The third-order valence-electron chi connectivity index (χ3n) is 3.85. The Morgan fingerprint density at radius 3 is 2.95 bits per heavy atom. The smallest absolute Gasteiger partial charge is 0.159 e. The molecular weight excluding hydrogens is 250 g/mol. The van der Waals surface area contributed by atoms with E-state index in [4.69, 9.17) is 4.74 Å². The van der Waals surface area contributed by atoms with Gasteiger partial charge in [-0.05, 0) is 49.9 Å². The molecule has 1 aliphatic rings. The van der Waals surface area contributed by atoms with Gasteiger partial charge in [0.05, 0.1) is 6.61 Å². The fraction of sp³-hybridized carbons (Fsp3) is 0.588. The summed E-state index contributed by atoms with van der Waals surface area (Å²) in [5.74, 6) is 0.146. The average molecular weight is 275 g/mol. The Morgan fingerprint density at radius 2 is 2.20 bits per heavy atom. The molecule has 3 heteroatoms. The van der Waals surface area contributed by atoms with E-state index in [2.05, 4.69) is 24.0 Å². The zero-order valence-corrected chi connectivity index (χ0v) is 12.7. The molecule has 3 nitrogen and oxygen atoms in total. The Labute approximate surface area is 121 Å². The number of nitrogens with zero attached hydrogens (tertiary/aromatic N) is 1. The zero-order valence-electron chi connectivity index (χ0n) is 12.7. The monoisotopic (exact) mass is 275 g/mol. The molecule has 1 aromatic rings. The second kappa shape index (κ2) is 7.44. The largest absolute Gasteiger partial charge is 0.380 e. The second-order valence-corrected chi connectivity index (χ2v) is 5.46. The van der Waals surface area contributed by atoms with Gasteiger partial charge >= 0.3 is 0 Å². The van der Waals surface area contributed by atoms with Crippen LogP contribution in [0.1, 0.15) is 49.0 Å². The molecule has 110 valence electrons. The van der Waals surface area contributed by atoms with Gasteiger partial charge < -0.3 is 9.64 Å². The average Bonchev–Trinajstić information content (AvgIpc) is 2.46. The summed E-state index contributed by atoms with van der Waals surface area (Å²) in [5, 5.41) is 0. The standard InChI is InChI=1S/C17H25NO2/c1-3-4-11-20-12-10-18-9-5-6-16-13-15(14(2)19)7-8-17(16)18/h7-8,13H,3-6,9-12H2,1-2H3. The Hall–Kier alpha value is -1.35. The molecule has 1 heterocycles. The lowest BCUT2D eigenvalue weighted by Crippen LogP contribution is -2.32. The van der Waals surface area contributed by atoms with Crippen molar-refractivity contribution in [1.29, 1.82) is 0 Å². The third kappa shape index (κ3) is 3.83. The topological polar surface area (TPSA) is 29.5 Å². The first-order valence-corrected chi connectivity index (χ1v) is 7.69. The lowest BCUT2D eigenvalue weighted by Gasteiger charge is -2.31. The first-order valence-electron chi connectivity index (χ1n) is 7.69. The molecule has 0 bridgehead atoms. The number of ether oxygens (including phenoxy) is 1. The van der Waals surface area contributed by atoms with E-state index in [0.29, 0.717) is 0 Å². The molecule has 0 atom stereocenters. The maximum absolute atomic E-state index is 11.5. The molecule has 0 N–H and O–H groups in total. The van der Waals surface area contributed by atoms with Crippen molar-refractivity contribution in [2.75, 3.05) is 31.2 Å². The van der Waals surface area contributed by atoms with E-state index in [-0.39, 0.29) is 5.78 Å². The number of anilines is 1. The Balaban J connectivity index is 1.96. The van der Waals surface area contributed by atoms with Crippen LogP contribution in [-0.2, 0) is 11.2 Å². The highest BCUT2D eigenvalue weighted by Crippen LogP contribution is 2.27. The summed E-state index contributed by atoms with van der Waals surface area (Å²) < 4.78 is 5.66. The quantitative estimate of drug-likeness (QED) is 0.564. The van der Waals surface area contributed by atoms with Crippen molar-refractivity contribution < 1.29 is 9.53 Å². The van der Waals surface area contributed by atoms with Gasteiger partial charge in [0.15, 0.2) is 5.78 Å². The molecular formula is C17H25NO2. The van der Waals surface area contributed by atoms with Crippen LogP contribution >= 0.6 is 0 Å². The van der Waals surface area contributed by atoms with Crippen LogP contribution in [0, 0.1) is 0 Å². The van der Waals surface area contributed by atoms with Gasteiger partial charge in [0.1, 0.15) is 0 Å². The van der Waals surface area contributed by atoms with Crippen molar-refractivity contribution >= 4 is 11.5 Å². The Kier molecular flexibility index (Phi) is 5.60. The number of ketones is 1. The van der Waals surface area contributed by atoms with Gasteiger partial charge in [-0.2, -0.15) is 0 Å². The number of fused-ring (bicyclic) bond motifs is 1. The molecule has 20 heavy (non-hydrogen) atoms. The molecule has 0 saturated heterocycles. The number of aryl methyl sites for hydroxylation is 1. The number of carbonyl (C=O) groups is 1. The van der Waals surface area contributed by atoms with E-state index in [0.717, 1.165) is 51.1 Å². The number of unbranched alkanes of at least 4 members (excludes halogenated alkanes) is 1. The molecule has 1 aliphatic heterocycles. The highest BCUT2D eigenvalue weighted by molar-refractivity contribution is 5.94. The summed E-state index contributed by atoms with van der Waals surface area (Å²) in [5.41, 5.74) is 3.41. The van der Waals surface area contributed by atoms with Crippen molar-refractivity contribution in [3.05, 3.63) is 29.3 Å². The van der Waals surface area contributed by atoms with Crippen molar-refractivity contribution in [3.8, 4) is 0 Å². The number of hydrogen-bond acceptors (Lipinski definition) is 3. The molecule has 0 saturated carbocycles. The van der Waals surface area contributed by atoms with E-state index < -0.39 is 0 Å². The molecule has 0 aliphatic carbocycles. The summed E-state index contributed by atoms with van der Waals surface area (Å²) in [6.07, 6.45) is 4.55. The molecule has 0 radical (unpaired) electrons. The molecule has 0 unspecified atom stereocenters. The van der Waals surface area contributed by atoms with E-state index in [1.54, 1.807) is 6.92 Å². The van der Waals surface area contributed by atoms with Crippen molar-refractivity contribution in [3.63, 3.8) is 0 Å². The lowest BCUT2D eigenvalue weighted by atomic mass is 9.98. The van der Waals surface area contributed by atoms with Crippen molar-refractivity contribution in [1.82, 2.24) is 0 Å². The highest BCUT2D eigenvalue weighted by atomic mass is 16.5. The fourth-order valence-electron chi connectivity index (χ4n) is 2.65. The van der Waals surface area contributed by atoms with Gasteiger partial charge in [0.2, 0.25) is 0 Å². The predicted molar refractivity (Wildman–Crippen MR) is 82.7 cm³/mol. The molecule has 0 aromatic heterocycles. The first kappa shape index (κ1) is 15.0.